The van der Waals surface area contributed by atoms with E-state index in [0.29, 0.717) is 18.7 Å². The molecule has 1 aliphatic rings. The van der Waals surface area contributed by atoms with Crippen LogP contribution in [0.15, 0.2) is 30.3 Å². The molecule has 1 aromatic rings. The summed E-state index contributed by atoms with van der Waals surface area (Å²) in [6.07, 6.45) is 0. The Balaban J connectivity index is 1.62. The van der Waals surface area contributed by atoms with E-state index in [1.54, 1.807) is 0 Å². The highest BCUT2D eigenvalue weighted by molar-refractivity contribution is 6.74. The first-order valence-corrected chi connectivity index (χ1v) is 10.7. The van der Waals surface area contributed by atoms with Crippen LogP contribution in [0.1, 0.15) is 26.3 Å². The molecule has 0 aliphatic carbocycles. The summed E-state index contributed by atoms with van der Waals surface area (Å²) in [6, 6.07) is 11.2. The number of ether oxygens (including phenoxy) is 1. The van der Waals surface area contributed by atoms with Gasteiger partial charge in [0, 0.05) is 12.1 Å². The zero-order valence-corrected chi connectivity index (χ0v) is 15.0. The van der Waals surface area contributed by atoms with Crippen LogP contribution in [-0.4, -0.2) is 33.6 Å². The second kappa shape index (κ2) is 6.61. The predicted octanol–water partition coefficient (Wildman–Crippen LogP) is 3.57. The van der Waals surface area contributed by atoms with Gasteiger partial charge in [-0.1, -0.05) is 51.1 Å². The summed E-state index contributed by atoms with van der Waals surface area (Å²) < 4.78 is 12.0. The highest BCUT2D eigenvalue weighted by atomic mass is 28.4. The maximum Gasteiger partial charge on any atom is 0.192 e. The normalized spacial score (nSPS) is 22.3. The molecule has 0 amide bonds. The molecule has 1 aromatic carbocycles. The van der Waals surface area contributed by atoms with E-state index in [1.807, 2.05) is 18.2 Å². The van der Waals surface area contributed by atoms with Crippen molar-refractivity contribution in [2.24, 2.45) is 0 Å². The SMILES string of the molecule is CC(C)(C)[Si](C)(C)OC[C@H]1N[C@@H]1COCc1ccccc1. The summed E-state index contributed by atoms with van der Waals surface area (Å²) in [6.45, 7) is 13.7. The second-order valence-electron chi connectivity index (χ2n) is 7.45. The summed E-state index contributed by atoms with van der Waals surface area (Å²) in [7, 11) is -1.62. The average Bonchev–Trinajstić information content (AvgIpc) is 3.15. The van der Waals surface area contributed by atoms with E-state index in [1.165, 1.54) is 5.56 Å². The van der Waals surface area contributed by atoms with Crippen molar-refractivity contribution in [1.29, 1.82) is 0 Å². The first kappa shape index (κ1) is 16.7. The maximum absolute atomic E-state index is 6.23. The zero-order valence-electron chi connectivity index (χ0n) is 14.0. The number of nitrogens with one attached hydrogen (secondary N) is 1. The number of hydrogen-bond donors (Lipinski definition) is 1. The Kier molecular flexibility index (Phi) is 5.25. The fourth-order valence-electron chi connectivity index (χ4n) is 1.94. The van der Waals surface area contributed by atoms with Crippen LogP contribution in [0.4, 0.5) is 0 Å². The van der Waals surface area contributed by atoms with Gasteiger partial charge in [-0.05, 0) is 23.7 Å². The van der Waals surface area contributed by atoms with Crippen molar-refractivity contribution in [2.45, 2.75) is 57.6 Å². The van der Waals surface area contributed by atoms with Crippen molar-refractivity contribution in [3.63, 3.8) is 0 Å². The first-order valence-electron chi connectivity index (χ1n) is 7.81. The summed E-state index contributed by atoms with van der Waals surface area (Å²) >= 11 is 0. The molecule has 1 saturated heterocycles. The van der Waals surface area contributed by atoms with Gasteiger partial charge in [-0.2, -0.15) is 0 Å². The van der Waals surface area contributed by atoms with Crippen LogP contribution in [0.5, 0.6) is 0 Å². The summed E-state index contributed by atoms with van der Waals surface area (Å²) in [4.78, 5) is 0. The Labute approximate surface area is 130 Å². The van der Waals surface area contributed by atoms with E-state index in [-0.39, 0.29) is 5.04 Å². The monoisotopic (exact) mass is 307 g/mol. The van der Waals surface area contributed by atoms with Crippen molar-refractivity contribution in [3.8, 4) is 0 Å². The minimum absolute atomic E-state index is 0.279. The minimum atomic E-state index is -1.62. The molecule has 21 heavy (non-hydrogen) atoms. The fraction of sp³-hybridized carbons (Fsp3) is 0.647. The summed E-state index contributed by atoms with van der Waals surface area (Å²) in [5.41, 5.74) is 1.23. The maximum atomic E-state index is 6.23. The number of rotatable bonds is 7. The molecule has 1 fully saturated rings. The van der Waals surface area contributed by atoms with Crippen LogP contribution in [0.3, 0.4) is 0 Å². The highest BCUT2D eigenvalue weighted by Crippen LogP contribution is 2.37. The van der Waals surface area contributed by atoms with Crippen molar-refractivity contribution in [1.82, 2.24) is 5.32 Å². The van der Waals surface area contributed by atoms with Gasteiger partial charge in [0.2, 0.25) is 0 Å². The standard InChI is InChI=1S/C17H29NO2Si/c1-17(2,3)21(4,5)20-13-16-15(18-16)12-19-11-14-9-7-6-8-10-14/h6-10,15-16,18H,11-13H2,1-5H3/t15-,16-/m1/s1. The molecular formula is C17H29NO2Si. The summed E-state index contributed by atoms with van der Waals surface area (Å²) in [5, 5.41) is 3.73. The third kappa shape index (κ3) is 4.92. The highest BCUT2D eigenvalue weighted by Gasteiger charge is 2.41. The molecule has 4 heteroatoms. The lowest BCUT2D eigenvalue weighted by molar-refractivity contribution is 0.120. The quantitative estimate of drug-likeness (QED) is 0.618. The zero-order chi connectivity index (χ0) is 15.5. The van der Waals surface area contributed by atoms with Crippen molar-refractivity contribution >= 4 is 8.32 Å². The van der Waals surface area contributed by atoms with Gasteiger partial charge < -0.3 is 14.5 Å². The van der Waals surface area contributed by atoms with Gasteiger partial charge in [-0.15, -0.1) is 0 Å². The number of benzene rings is 1. The van der Waals surface area contributed by atoms with Crippen LogP contribution >= 0.6 is 0 Å². The van der Waals surface area contributed by atoms with Crippen molar-refractivity contribution < 1.29 is 9.16 Å². The molecule has 0 aromatic heterocycles. The molecule has 2 rings (SSSR count). The lowest BCUT2D eigenvalue weighted by atomic mass is 10.2. The lowest BCUT2D eigenvalue weighted by Gasteiger charge is -2.36. The van der Waals surface area contributed by atoms with E-state index in [2.05, 4.69) is 51.3 Å². The average molecular weight is 308 g/mol. The molecule has 118 valence electrons. The smallest absolute Gasteiger partial charge is 0.192 e. The molecule has 1 N–H and O–H groups in total. The van der Waals surface area contributed by atoms with Crippen LogP contribution in [0.25, 0.3) is 0 Å². The molecule has 3 nitrogen and oxygen atoms in total. The number of hydrogen-bond acceptors (Lipinski definition) is 3. The van der Waals surface area contributed by atoms with Crippen molar-refractivity contribution in [2.75, 3.05) is 13.2 Å². The van der Waals surface area contributed by atoms with Gasteiger partial charge in [-0.3, -0.25) is 0 Å². The predicted molar refractivity (Wildman–Crippen MR) is 90.0 cm³/mol. The first-order chi connectivity index (χ1) is 9.79. The van der Waals surface area contributed by atoms with Gasteiger partial charge >= 0.3 is 0 Å². The molecule has 0 bridgehead atoms. The molecule has 0 spiro atoms. The second-order valence-corrected chi connectivity index (χ2v) is 12.3. The Morgan fingerprint density at radius 2 is 1.67 bits per heavy atom. The van der Waals surface area contributed by atoms with Crippen LogP contribution in [0, 0.1) is 0 Å². The molecule has 1 aliphatic heterocycles. The van der Waals surface area contributed by atoms with Crippen LogP contribution in [-0.2, 0) is 15.8 Å². The van der Waals surface area contributed by atoms with E-state index >= 15 is 0 Å². The van der Waals surface area contributed by atoms with Gasteiger partial charge in [0.05, 0.1) is 19.8 Å². The summed E-state index contributed by atoms with van der Waals surface area (Å²) in [5.74, 6) is 0. The van der Waals surface area contributed by atoms with Crippen LogP contribution < -0.4 is 5.32 Å². The topological polar surface area (TPSA) is 40.4 Å². The molecule has 1 heterocycles. The van der Waals surface area contributed by atoms with Gasteiger partial charge in [-0.25, -0.2) is 0 Å². The van der Waals surface area contributed by atoms with Gasteiger partial charge in [0.15, 0.2) is 8.32 Å². The van der Waals surface area contributed by atoms with E-state index in [9.17, 15) is 0 Å². The Bertz CT molecular complexity index is 442. The Hall–Kier alpha value is -0.683. The Morgan fingerprint density at radius 1 is 1.05 bits per heavy atom. The van der Waals surface area contributed by atoms with E-state index < -0.39 is 8.32 Å². The van der Waals surface area contributed by atoms with Gasteiger partial charge in [0.1, 0.15) is 0 Å². The molecule has 0 saturated carbocycles. The minimum Gasteiger partial charge on any atom is -0.415 e. The third-order valence-electron chi connectivity index (χ3n) is 4.64. The molecular weight excluding hydrogens is 278 g/mol. The molecule has 0 radical (unpaired) electrons. The Morgan fingerprint density at radius 3 is 2.29 bits per heavy atom. The van der Waals surface area contributed by atoms with Gasteiger partial charge in [0.25, 0.3) is 0 Å². The van der Waals surface area contributed by atoms with Crippen LogP contribution in [0.2, 0.25) is 18.1 Å². The van der Waals surface area contributed by atoms with E-state index in [0.717, 1.165) is 13.2 Å². The lowest BCUT2D eigenvalue weighted by Crippen LogP contribution is -2.42. The molecule has 0 unspecified atom stereocenters. The van der Waals surface area contributed by atoms with E-state index in [4.69, 9.17) is 9.16 Å². The fourth-order valence-corrected chi connectivity index (χ4v) is 2.97. The largest absolute Gasteiger partial charge is 0.415 e. The molecule has 2 atom stereocenters. The van der Waals surface area contributed by atoms with Crippen molar-refractivity contribution in [3.05, 3.63) is 35.9 Å². The third-order valence-corrected chi connectivity index (χ3v) is 9.14.